The Morgan fingerprint density at radius 3 is 2.00 bits per heavy atom. The lowest BCUT2D eigenvalue weighted by Gasteiger charge is -2.10. The highest BCUT2D eigenvalue weighted by Gasteiger charge is 2.06. The molecule has 0 aromatic heterocycles. The van der Waals surface area contributed by atoms with Gasteiger partial charge in [-0.1, -0.05) is 86.4 Å². The second-order valence-electron chi connectivity index (χ2n) is 5.33. The fourth-order valence-corrected chi connectivity index (χ4v) is 2.59. The standard InChI is InChI=1S/C17H27BrO/c1-2-3-4-5-6-7-8-9-10-17(19)15-11-13-16(18)14-12-15/h11-14,17,19H,2-10H2,1H3/t17-/m1/s1. The molecule has 0 spiro atoms. The molecule has 0 aliphatic rings. The summed E-state index contributed by atoms with van der Waals surface area (Å²) in [6, 6.07) is 7.98. The molecule has 0 bridgehead atoms. The molecule has 0 saturated heterocycles. The van der Waals surface area contributed by atoms with Gasteiger partial charge in [0.2, 0.25) is 0 Å². The van der Waals surface area contributed by atoms with Crippen LogP contribution >= 0.6 is 15.9 Å². The Bertz CT molecular complexity index is 321. The Balaban J connectivity index is 2.04. The summed E-state index contributed by atoms with van der Waals surface area (Å²) in [5.41, 5.74) is 1.03. The molecule has 0 radical (unpaired) electrons. The minimum atomic E-state index is -0.298. The predicted octanol–water partition coefficient (Wildman–Crippen LogP) is 6.01. The Kier molecular flexibility index (Phi) is 9.19. The summed E-state index contributed by atoms with van der Waals surface area (Å²) in [6.45, 7) is 2.25. The van der Waals surface area contributed by atoms with Crippen LogP contribution in [0.1, 0.15) is 76.4 Å². The molecule has 0 saturated carbocycles. The smallest absolute Gasteiger partial charge is 0.0790 e. The lowest BCUT2D eigenvalue weighted by atomic mass is 10.0. The minimum Gasteiger partial charge on any atom is -0.388 e. The first-order valence-corrected chi connectivity index (χ1v) is 8.47. The zero-order valence-electron chi connectivity index (χ0n) is 12.1. The van der Waals surface area contributed by atoms with E-state index in [0.717, 1.165) is 22.9 Å². The topological polar surface area (TPSA) is 20.2 Å². The van der Waals surface area contributed by atoms with Gasteiger partial charge in [0.25, 0.3) is 0 Å². The van der Waals surface area contributed by atoms with E-state index in [0.29, 0.717) is 0 Å². The fraction of sp³-hybridized carbons (Fsp3) is 0.647. The highest BCUT2D eigenvalue weighted by Crippen LogP contribution is 2.22. The number of halogens is 1. The van der Waals surface area contributed by atoms with Crippen molar-refractivity contribution in [3.63, 3.8) is 0 Å². The maximum absolute atomic E-state index is 10.1. The van der Waals surface area contributed by atoms with Crippen LogP contribution in [-0.2, 0) is 0 Å². The molecule has 19 heavy (non-hydrogen) atoms. The Hall–Kier alpha value is -0.340. The van der Waals surface area contributed by atoms with E-state index >= 15 is 0 Å². The van der Waals surface area contributed by atoms with E-state index in [1.165, 1.54) is 44.9 Å². The molecule has 0 aliphatic carbocycles. The van der Waals surface area contributed by atoms with E-state index in [4.69, 9.17) is 0 Å². The fourth-order valence-electron chi connectivity index (χ4n) is 2.32. The van der Waals surface area contributed by atoms with Gasteiger partial charge in [0, 0.05) is 4.47 Å². The molecule has 0 amide bonds. The van der Waals surface area contributed by atoms with E-state index in [-0.39, 0.29) is 6.10 Å². The van der Waals surface area contributed by atoms with Crippen LogP contribution in [0.3, 0.4) is 0 Å². The molecule has 1 N–H and O–H groups in total. The van der Waals surface area contributed by atoms with Gasteiger partial charge in [-0.05, 0) is 24.1 Å². The van der Waals surface area contributed by atoms with Crippen molar-refractivity contribution < 1.29 is 5.11 Å². The zero-order chi connectivity index (χ0) is 13.9. The summed E-state index contributed by atoms with van der Waals surface area (Å²) in [4.78, 5) is 0. The van der Waals surface area contributed by atoms with Gasteiger partial charge in [-0.25, -0.2) is 0 Å². The molecule has 2 heteroatoms. The van der Waals surface area contributed by atoms with E-state index in [1.807, 2.05) is 24.3 Å². The van der Waals surface area contributed by atoms with Crippen LogP contribution in [0.25, 0.3) is 0 Å². The maximum Gasteiger partial charge on any atom is 0.0790 e. The van der Waals surface area contributed by atoms with Crippen molar-refractivity contribution in [1.82, 2.24) is 0 Å². The number of aliphatic hydroxyl groups is 1. The largest absolute Gasteiger partial charge is 0.388 e. The summed E-state index contributed by atoms with van der Waals surface area (Å²) in [7, 11) is 0. The van der Waals surface area contributed by atoms with Crippen molar-refractivity contribution in [2.75, 3.05) is 0 Å². The molecule has 1 aromatic carbocycles. The lowest BCUT2D eigenvalue weighted by Crippen LogP contribution is -1.97. The van der Waals surface area contributed by atoms with Gasteiger partial charge in [-0.3, -0.25) is 0 Å². The average Bonchev–Trinajstić information content (AvgIpc) is 2.42. The van der Waals surface area contributed by atoms with Gasteiger partial charge in [-0.2, -0.15) is 0 Å². The number of unbranched alkanes of at least 4 members (excludes halogenated alkanes) is 7. The summed E-state index contributed by atoms with van der Waals surface area (Å²) >= 11 is 3.41. The van der Waals surface area contributed by atoms with Gasteiger partial charge < -0.3 is 5.11 Å². The molecule has 0 fully saturated rings. The van der Waals surface area contributed by atoms with Gasteiger partial charge in [-0.15, -0.1) is 0 Å². The molecule has 1 aromatic rings. The first-order chi connectivity index (χ1) is 9.24. The highest BCUT2D eigenvalue weighted by molar-refractivity contribution is 9.10. The summed E-state index contributed by atoms with van der Waals surface area (Å²) < 4.78 is 1.07. The van der Waals surface area contributed by atoms with Gasteiger partial charge in [0.15, 0.2) is 0 Å². The van der Waals surface area contributed by atoms with Crippen molar-refractivity contribution in [3.8, 4) is 0 Å². The zero-order valence-corrected chi connectivity index (χ0v) is 13.7. The number of hydrogen-bond donors (Lipinski definition) is 1. The third-order valence-corrected chi connectivity index (χ3v) is 4.11. The van der Waals surface area contributed by atoms with Crippen molar-refractivity contribution >= 4 is 15.9 Å². The minimum absolute atomic E-state index is 0.298. The number of rotatable bonds is 10. The van der Waals surface area contributed by atoms with E-state index < -0.39 is 0 Å². The maximum atomic E-state index is 10.1. The van der Waals surface area contributed by atoms with Gasteiger partial charge in [0.05, 0.1) is 6.10 Å². The first kappa shape index (κ1) is 16.7. The van der Waals surface area contributed by atoms with Crippen LogP contribution in [0.2, 0.25) is 0 Å². The van der Waals surface area contributed by atoms with Crippen LogP contribution in [-0.4, -0.2) is 5.11 Å². The molecular weight excluding hydrogens is 300 g/mol. The van der Waals surface area contributed by atoms with Crippen LogP contribution in [0.15, 0.2) is 28.7 Å². The molecule has 0 aliphatic heterocycles. The quantitative estimate of drug-likeness (QED) is 0.522. The third kappa shape index (κ3) is 7.74. The highest BCUT2D eigenvalue weighted by atomic mass is 79.9. The Morgan fingerprint density at radius 2 is 1.42 bits per heavy atom. The molecule has 1 nitrogen and oxygen atoms in total. The van der Waals surface area contributed by atoms with E-state index in [9.17, 15) is 5.11 Å². The SMILES string of the molecule is CCCCCCCCCC[C@@H](O)c1ccc(Br)cc1. The van der Waals surface area contributed by atoms with E-state index in [2.05, 4.69) is 22.9 Å². The molecule has 108 valence electrons. The van der Waals surface area contributed by atoms with Crippen molar-refractivity contribution in [1.29, 1.82) is 0 Å². The normalized spacial score (nSPS) is 12.6. The third-order valence-electron chi connectivity index (χ3n) is 3.59. The van der Waals surface area contributed by atoms with Crippen molar-refractivity contribution in [2.24, 2.45) is 0 Å². The second kappa shape index (κ2) is 10.4. The monoisotopic (exact) mass is 326 g/mol. The predicted molar refractivity (Wildman–Crippen MR) is 86.3 cm³/mol. The number of aliphatic hydroxyl groups excluding tert-OH is 1. The summed E-state index contributed by atoms with van der Waals surface area (Å²) in [5.74, 6) is 0. The van der Waals surface area contributed by atoms with Gasteiger partial charge in [0.1, 0.15) is 0 Å². The first-order valence-electron chi connectivity index (χ1n) is 7.67. The van der Waals surface area contributed by atoms with Crippen LogP contribution in [0, 0.1) is 0 Å². The Labute approximate surface area is 126 Å². The van der Waals surface area contributed by atoms with Crippen molar-refractivity contribution in [3.05, 3.63) is 34.3 Å². The van der Waals surface area contributed by atoms with Crippen LogP contribution < -0.4 is 0 Å². The van der Waals surface area contributed by atoms with Crippen molar-refractivity contribution in [2.45, 2.75) is 70.8 Å². The molecule has 1 rings (SSSR count). The summed E-state index contributed by atoms with van der Waals surface area (Å²) in [5, 5.41) is 10.1. The lowest BCUT2D eigenvalue weighted by molar-refractivity contribution is 0.163. The second-order valence-corrected chi connectivity index (χ2v) is 6.25. The molecule has 0 unspecified atom stereocenters. The van der Waals surface area contributed by atoms with Crippen LogP contribution in [0.4, 0.5) is 0 Å². The van der Waals surface area contributed by atoms with Crippen LogP contribution in [0.5, 0.6) is 0 Å². The molecule has 1 atom stereocenters. The summed E-state index contributed by atoms with van der Waals surface area (Å²) in [6.07, 6.45) is 11.1. The number of hydrogen-bond acceptors (Lipinski definition) is 1. The van der Waals surface area contributed by atoms with E-state index in [1.54, 1.807) is 0 Å². The molecule has 0 heterocycles. The van der Waals surface area contributed by atoms with Gasteiger partial charge >= 0.3 is 0 Å². The molecular formula is C17H27BrO. The number of benzene rings is 1. The average molecular weight is 327 g/mol. The Morgan fingerprint density at radius 1 is 0.895 bits per heavy atom.